The van der Waals surface area contributed by atoms with Crippen LogP contribution in [0.5, 0.6) is 0 Å². The molecule has 13 rings (SSSR count). The molecule has 0 bridgehead atoms. The van der Waals surface area contributed by atoms with E-state index in [0.29, 0.717) is 0 Å². The Bertz CT molecular complexity index is 3800. The van der Waals surface area contributed by atoms with Crippen molar-refractivity contribution in [2.75, 3.05) is 0 Å². The fraction of sp³-hybridized carbons (Fsp3) is 0. The van der Waals surface area contributed by atoms with Crippen molar-refractivity contribution in [2.45, 2.75) is 0 Å². The molecule has 9 aromatic carbocycles. The second-order valence-electron chi connectivity index (χ2n) is 15.2. The van der Waals surface area contributed by atoms with Gasteiger partial charge in [-0.2, -0.15) is 0 Å². The van der Waals surface area contributed by atoms with Gasteiger partial charge in [-0.25, -0.2) is 0 Å². The van der Waals surface area contributed by atoms with E-state index in [1.807, 2.05) is 18.2 Å². The monoisotopic (exact) mass is 740 g/mol. The SMILES string of the molecule is c1ccc(-n2c3ccccc3c3c(-c4cccc5c4c4ccccc4n5-c4cccc5c4oc4ccccc45)c(-c4ccc5oc6ccccc6c5c4)ccc32)cc1. The summed E-state index contributed by atoms with van der Waals surface area (Å²) in [5.74, 6) is 0. The third-order valence-electron chi connectivity index (χ3n) is 12.1. The average Bonchev–Trinajstić information content (AvgIpc) is 4.04. The maximum absolute atomic E-state index is 6.68. The first kappa shape index (κ1) is 31.4. The Balaban J connectivity index is 1.19. The molecule has 0 aliphatic rings. The van der Waals surface area contributed by atoms with E-state index < -0.39 is 0 Å². The number of furan rings is 2. The van der Waals surface area contributed by atoms with Gasteiger partial charge in [0.25, 0.3) is 0 Å². The summed E-state index contributed by atoms with van der Waals surface area (Å²) in [7, 11) is 0. The molecule has 0 aliphatic carbocycles. The minimum absolute atomic E-state index is 0.881. The molecule has 4 heteroatoms. The summed E-state index contributed by atoms with van der Waals surface area (Å²) < 4.78 is 17.8. The van der Waals surface area contributed by atoms with Crippen molar-refractivity contribution in [1.82, 2.24) is 9.13 Å². The van der Waals surface area contributed by atoms with E-state index in [4.69, 9.17) is 8.83 Å². The van der Waals surface area contributed by atoms with Crippen molar-refractivity contribution in [3.05, 3.63) is 194 Å². The Labute approximate surface area is 332 Å². The molecule has 0 fully saturated rings. The Hall–Kier alpha value is -7.82. The van der Waals surface area contributed by atoms with Gasteiger partial charge >= 0.3 is 0 Å². The van der Waals surface area contributed by atoms with Crippen LogP contribution in [-0.4, -0.2) is 9.13 Å². The Kier molecular flexibility index (Phi) is 6.41. The molecule has 0 atom stereocenters. The van der Waals surface area contributed by atoms with Gasteiger partial charge in [-0.3, -0.25) is 0 Å². The van der Waals surface area contributed by atoms with E-state index in [-0.39, 0.29) is 0 Å². The normalized spacial score (nSPS) is 12.1. The standard InChI is InChI=1S/C54H32N2O2/c1-2-14-34(15-3-1)55-43-22-8-5-19-40(43)53-46(55)30-29-35(33-28-31-50-42(32-33)37-17-7-10-26-48(37)57-50)52(53)41-21-13-24-45-51(41)39-18-4-9-23-44(39)56(45)47-25-12-20-38-36-16-6-11-27-49(36)58-54(38)47/h1-32H. The zero-order valence-corrected chi connectivity index (χ0v) is 31.2. The van der Waals surface area contributed by atoms with E-state index in [0.717, 1.165) is 77.4 Å². The molecule has 0 N–H and O–H groups in total. The van der Waals surface area contributed by atoms with Gasteiger partial charge < -0.3 is 18.0 Å². The number of para-hydroxylation sites is 6. The van der Waals surface area contributed by atoms with Gasteiger partial charge in [0.15, 0.2) is 5.58 Å². The van der Waals surface area contributed by atoms with Crippen molar-refractivity contribution >= 4 is 87.5 Å². The number of rotatable bonds is 4. The van der Waals surface area contributed by atoms with Gasteiger partial charge in [0.05, 0.1) is 27.8 Å². The zero-order chi connectivity index (χ0) is 37.9. The largest absolute Gasteiger partial charge is 0.456 e. The number of nitrogens with zero attached hydrogens (tertiary/aromatic N) is 2. The lowest BCUT2D eigenvalue weighted by atomic mass is 9.88. The number of hydrogen-bond acceptors (Lipinski definition) is 2. The van der Waals surface area contributed by atoms with Gasteiger partial charge in [0.2, 0.25) is 0 Å². The Morgan fingerprint density at radius 3 is 1.72 bits per heavy atom. The highest BCUT2D eigenvalue weighted by molar-refractivity contribution is 6.25. The molecule has 0 spiro atoms. The van der Waals surface area contributed by atoms with Crippen LogP contribution >= 0.6 is 0 Å². The second-order valence-corrected chi connectivity index (χ2v) is 15.2. The van der Waals surface area contributed by atoms with E-state index >= 15 is 0 Å². The summed E-state index contributed by atoms with van der Waals surface area (Å²) in [6, 6.07) is 69.6. The van der Waals surface area contributed by atoms with Crippen molar-refractivity contribution < 1.29 is 8.83 Å². The van der Waals surface area contributed by atoms with E-state index in [1.165, 1.54) is 43.8 Å². The number of benzene rings is 9. The van der Waals surface area contributed by atoms with Gasteiger partial charge in [-0.05, 0) is 83.4 Å². The summed E-state index contributed by atoms with van der Waals surface area (Å²) in [6.07, 6.45) is 0. The molecule has 0 radical (unpaired) electrons. The summed E-state index contributed by atoms with van der Waals surface area (Å²) in [6.45, 7) is 0. The molecule has 0 unspecified atom stereocenters. The lowest BCUT2D eigenvalue weighted by Gasteiger charge is -2.16. The Morgan fingerprint density at radius 2 is 0.914 bits per heavy atom. The molecule has 4 nitrogen and oxygen atoms in total. The van der Waals surface area contributed by atoms with Gasteiger partial charge in [0.1, 0.15) is 16.7 Å². The van der Waals surface area contributed by atoms with Crippen molar-refractivity contribution in [3.63, 3.8) is 0 Å². The predicted molar refractivity (Wildman–Crippen MR) is 241 cm³/mol. The third-order valence-corrected chi connectivity index (χ3v) is 12.1. The smallest absolute Gasteiger partial charge is 0.159 e. The third kappa shape index (κ3) is 4.29. The lowest BCUT2D eigenvalue weighted by Crippen LogP contribution is -1.95. The highest BCUT2D eigenvalue weighted by Gasteiger charge is 2.25. The van der Waals surface area contributed by atoms with Crippen LogP contribution in [0.4, 0.5) is 0 Å². The molecule has 270 valence electrons. The van der Waals surface area contributed by atoms with Crippen LogP contribution in [0, 0.1) is 0 Å². The highest BCUT2D eigenvalue weighted by atomic mass is 16.3. The molecular formula is C54H32N2O2. The summed E-state index contributed by atoms with van der Waals surface area (Å²) in [5, 5.41) is 9.27. The highest BCUT2D eigenvalue weighted by Crippen LogP contribution is 2.49. The molecule has 58 heavy (non-hydrogen) atoms. The zero-order valence-electron chi connectivity index (χ0n) is 31.2. The fourth-order valence-corrected chi connectivity index (χ4v) is 9.73. The molecule has 4 aromatic heterocycles. The van der Waals surface area contributed by atoms with Crippen LogP contribution in [0.1, 0.15) is 0 Å². The Morgan fingerprint density at radius 1 is 0.328 bits per heavy atom. The summed E-state index contributed by atoms with van der Waals surface area (Å²) >= 11 is 0. The van der Waals surface area contributed by atoms with Crippen molar-refractivity contribution in [1.29, 1.82) is 0 Å². The van der Waals surface area contributed by atoms with Crippen LogP contribution in [-0.2, 0) is 0 Å². The molecule has 0 amide bonds. The van der Waals surface area contributed by atoms with Crippen LogP contribution < -0.4 is 0 Å². The van der Waals surface area contributed by atoms with Crippen LogP contribution in [0.2, 0.25) is 0 Å². The van der Waals surface area contributed by atoms with Gasteiger partial charge in [-0.15, -0.1) is 0 Å². The molecular weight excluding hydrogens is 709 g/mol. The molecule has 0 saturated carbocycles. The number of fused-ring (bicyclic) bond motifs is 12. The first-order valence-corrected chi connectivity index (χ1v) is 19.8. The average molecular weight is 741 g/mol. The van der Waals surface area contributed by atoms with Crippen molar-refractivity contribution in [2.24, 2.45) is 0 Å². The van der Waals surface area contributed by atoms with E-state index in [1.54, 1.807) is 0 Å². The van der Waals surface area contributed by atoms with Crippen molar-refractivity contribution in [3.8, 4) is 33.6 Å². The van der Waals surface area contributed by atoms with Crippen LogP contribution in [0.15, 0.2) is 203 Å². The number of hydrogen-bond donors (Lipinski definition) is 0. The molecule has 13 aromatic rings. The molecule has 0 saturated heterocycles. The summed E-state index contributed by atoms with van der Waals surface area (Å²) in [5.41, 5.74) is 15.0. The second kappa shape index (κ2) is 11.8. The first-order chi connectivity index (χ1) is 28.8. The quantitative estimate of drug-likeness (QED) is 0.180. The fourth-order valence-electron chi connectivity index (χ4n) is 9.73. The lowest BCUT2D eigenvalue weighted by molar-refractivity contribution is 0.666. The maximum atomic E-state index is 6.68. The minimum Gasteiger partial charge on any atom is -0.456 e. The predicted octanol–water partition coefficient (Wildman–Crippen LogP) is 15.0. The van der Waals surface area contributed by atoms with Crippen LogP contribution in [0.25, 0.3) is 121 Å². The molecule has 4 heterocycles. The first-order valence-electron chi connectivity index (χ1n) is 19.8. The van der Waals surface area contributed by atoms with Gasteiger partial charge in [0, 0.05) is 54.3 Å². The topological polar surface area (TPSA) is 36.1 Å². The van der Waals surface area contributed by atoms with Crippen LogP contribution in [0.3, 0.4) is 0 Å². The summed E-state index contributed by atoms with van der Waals surface area (Å²) in [4.78, 5) is 0. The van der Waals surface area contributed by atoms with Gasteiger partial charge in [-0.1, -0.05) is 127 Å². The number of aromatic nitrogens is 2. The molecule has 0 aliphatic heterocycles. The minimum atomic E-state index is 0.881. The van der Waals surface area contributed by atoms with E-state index in [2.05, 4.69) is 185 Å². The maximum Gasteiger partial charge on any atom is 0.159 e. The van der Waals surface area contributed by atoms with E-state index in [9.17, 15) is 0 Å².